The molecule has 222 valence electrons. The summed E-state index contributed by atoms with van der Waals surface area (Å²) in [4.78, 5) is 0. The van der Waals surface area contributed by atoms with Crippen molar-refractivity contribution in [3.63, 3.8) is 0 Å². The van der Waals surface area contributed by atoms with Gasteiger partial charge in [0.2, 0.25) is 0 Å². The first kappa shape index (κ1) is 32.9. The van der Waals surface area contributed by atoms with Gasteiger partial charge in [-0.3, -0.25) is 8.57 Å². The molecule has 0 aliphatic rings. The van der Waals surface area contributed by atoms with Crippen LogP contribution in [0.25, 0.3) is 0 Å². The van der Waals surface area contributed by atoms with Crippen molar-refractivity contribution in [3.05, 3.63) is 59.7 Å². The molecule has 40 heavy (non-hydrogen) atoms. The van der Waals surface area contributed by atoms with Gasteiger partial charge in [0, 0.05) is 24.6 Å². The van der Waals surface area contributed by atoms with Crippen LogP contribution in [0.5, 0.6) is 11.5 Å². The van der Waals surface area contributed by atoms with Gasteiger partial charge in [-0.1, -0.05) is 36.3 Å². The monoisotopic (exact) mass is 608 g/mol. The molecule has 0 heterocycles. The Balaban J connectivity index is 1.79. The number of ether oxygens (including phenoxy) is 2. The van der Waals surface area contributed by atoms with E-state index in [-0.39, 0.29) is 24.3 Å². The van der Waals surface area contributed by atoms with Crippen LogP contribution in [-0.2, 0) is 35.2 Å². The molecule has 0 unspecified atom stereocenters. The fraction of sp³-hybridized carbons (Fsp3) is 0.440. The fourth-order valence-corrected chi connectivity index (χ4v) is 4.57. The quantitative estimate of drug-likeness (QED) is 0.142. The Labute approximate surface area is 232 Å². The molecule has 0 aromatic heterocycles. The molecule has 0 aliphatic carbocycles. The van der Waals surface area contributed by atoms with E-state index in [1.807, 2.05) is 0 Å². The lowest BCUT2D eigenvalue weighted by Crippen LogP contribution is -2.25. The van der Waals surface area contributed by atoms with E-state index in [0.717, 1.165) is 17.7 Å². The molecule has 0 saturated heterocycles. The third kappa shape index (κ3) is 12.2. The van der Waals surface area contributed by atoms with Crippen molar-refractivity contribution in [3.8, 4) is 11.5 Å². The number of nitrogens with zero attached hydrogens (tertiary/aromatic N) is 2. The van der Waals surface area contributed by atoms with Crippen LogP contribution in [0.2, 0.25) is 0 Å². The summed E-state index contributed by atoms with van der Waals surface area (Å²) in [6, 6.07) is 11.9. The van der Waals surface area contributed by atoms with E-state index in [1.54, 1.807) is 38.1 Å². The highest BCUT2D eigenvalue weighted by atomic mass is 32.2. The largest absolute Gasteiger partial charge is 0.493 e. The molecule has 2 aromatic rings. The lowest BCUT2D eigenvalue weighted by atomic mass is 10.1. The van der Waals surface area contributed by atoms with Crippen LogP contribution < -0.4 is 9.47 Å². The second-order valence-electron chi connectivity index (χ2n) is 8.32. The molecule has 0 radical (unpaired) electrons. The normalized spacial score (nSPS) is 12.9. The molecule has 0 bridgehead atoms. The maximum atomic E-state index is 13.4. The van der Waals surface area contributed by atoms with Gasteiger partial charge in [0.15, 0.2) is 5.71 Å². The van der Waals surface area contributed by atoms with Crippen LogP contribution >= 0.6 is 0 Å². The SMILES string of the molecule is CCCS(=O)(=O)ON=CCc1ccc(OCCCOc2ccc(C(=NOS(=O)(=O)CCC)C(F)(F)F)cc2)cc1. The van der Waals surface area contributed by atoms with Crippen LogP contribution in [0.4, 0.5) is 13.2 Å². The molecule has 15 heteroatoms. The molecule has 0 N–H and O–H groups in total. The predicted octanol–water partition coefficient (Wildman–Crippen LogP) is 4.84. The highest BCUT2D eigenvalue weighted by molar-refractivity contribution is 7.86. The summed E-state index contributed by atoms with van der Waals surface area (Å²) in [6.45, 7) is 3.81. The maximum absolute atomic E-state index is 13.4. The first-order chi connectivity index (χ1) is 18.8. The van der Waals surface area contributed by atoms with Crippen molar-refractivity contribution >= 4 is 32.2 Å². The van der Waals surface area contributed by atoms with Gasteiger partial charge in [0.05, 0.1) is 24.7 Å². The predicted molar refractivity (Wildman–Crippen MR) is 144 cm³/mol. The Bertz CT molecular complexity index is 1330. The Morgan fingerprint density at radius 1 is 0.800 bits per heavy atom. The second-order valence-corrected chi connectivity index (χ2v) is 11.7. The van der Waals surface area contributed by atoms with E-state index < -0.39 is 37.9 Å². The first-order valence-corrected chi connectivity index (χ1v) is 15.5. The maximum Gasteiger partial charge on any atom is 0.437 e. The molecule has 0 fully saturated rings. The molecular weight excluding hydrogens is 577 g/mol. The van der Waals surface area contributed by atoms with Crippen LogP contribution in [0.15, 0.2) is 58.8 Å². The number of hydrogen-bond acceptors (Lipinski definition) is 10. The van der Waals surface area contributed by atoms with E-state index in [4.69, 9.17) is 9.47 Å². The molecule has 10 nitrogen and oxygen atoms in total. The number of halogens is 3. The molecular formula is C25H31F3N2O8S2. The standard InChI is InChI=1S/C25H31F3N2O8S2/c1-3-18-39(31,32)37-29-15-14-20-6-10-22(11-7-20)35-16-5-17-36-23-12-8-21(9-13-23)24(25(26,27)28)30-38-40(33,34)19-4-2/h6-13,15H,3-5,14,16-19H2,1-2H3. The minimum Gasteiger partial charge on any atom is -0.493 e. The topological polar surface area (TPSA) is 130 Å². The fourth-order valence-electron chi connectivity index (χ4n) is 3.05. The summed E-state index contributed by atoms with van der Waals surface area (Å²) in [5.74, 6) is 0.358. The smallest absolute Gasteiger partial charge is 0.437 e. The average Bonchev–Trinajstić information content (AvgIpc) is 2.87. The summed E-state index contributed by atoms with van der Waals surface area (Å²) in [5.41, 5.74) is -0.982. The number of oxime groups is 2. The Morgan fingerprint density at radius 2 is 1.30 bits per heavy atom. The number of alkyl halides is 3. The van der Waals surface area contributed by atoms with E-state index in [2.05, 4.69) is 18.9 Å². The van der Waals surface area contributed by atoms with Gasteiger partial charge in [-0.2, -0.15) is 30.0 Å². The van der Waals surface area contributed by atoms with Gasteiger partial charge in [0.25, 0.3) is 0 Å². The third-order valence-electron chi connectivity index (χ3n) is 4.85. The molecule has 0 saturated carbocycles. The average molecular weight is 609 g/mol. The Morgan fingerprint density at radius 3 is 1.80 bits per heavy atom. The highest BCUT2D eigenvalue weighted by Gasteiger charge is 2.38. The molecule has 0 atom stereocenters. The van der Waals surface area contributed by atoms with Crippen molar-refractivity contribution in [2.75, 3.05) is 24.7 Å². The minimum atomic E-state index is -4.93. The van der Waals surface area contributed by atoms with Crippen molar-refractivity contribution in [1.29, 1.82) is 0 Å². The molecule has 0 amide bonds. The lowest BCUT2D eigenvalue weighted by molar-refractivity contribution is -0.0597. The van der Waals surface area contributed by atoms with Gasteiger partial charge >= 0.3 is 26.4 Å². The van der Waals surface area contributed by atoms with Crippen molar-refractivity contribution < 1.29 is 48.0 Å². The Kier molecular flexibility index (Phi) is 12.7. The van der Waals surface area contributed by atoms with Crippen molar-refractivity contribution in [2.24, 2.45) is 10.3 Å². The van der Waals surface area contributed by atoms with E-state index in [0.29, 0.717) is 37.4 Å². The lowest BCUT2D eigenvalue weighted by Gasteiger charge is -2.12. The van der Waals surface area contributed by atoms with Gasteiger partial charge in [-0.15, -0.1) is 0 Å². The van der Waals surface area contributed by atoms with Crippen LogP contribution in [0.3, 0.4) is 0 Å². The van der Waals surface area contributed by atoms with Gasteiger partial charge in [-0.25, -0.2) is 0 Å². The van der Waals surface area contributed by atoms with Crippen molar-refractivity contribution in [2.45, 2.75) is 45.7 Å². The molecule has 2 aromatic carbocycles. The number of rotatable bonds is 17. The Hall–Kier alpha value is -3.33. The first-order valence-electron chi connectivity index (χ1n) is 12.3. The van der Waals surface area contributed by atoms with Gasteiger partial charge in [-0.05, 0) is 54.8 Å². The summed E-state index contributed by atoms with van der Waals surface area (Å²) in [7, 11) is -7.85. The summed E-state index contributed by atoms with van der Waals surface area (Å²) < 4.78 is 106. The van der Waals surface area contributed by atoms with Crippen LogP contribution in [0.1, 0.15) is 44.2 Å². The summed E-state index contributed by atoms with van der Waals surface area (Å²) in [5, 5.41) is 6.33. The van der Waals surface area contributed by atoms with E-state index in [9.17, 15) is 30.0 Å². The molecule has 0 spiro atoms. The summed E-state index contributed by atoms with van der Waals surface area (Å²) in [6.07, 6.45) is -2.11. The summed E-state index contributed by atoms with van der Waals surface area (Å²) >= 11 is 0. The zero-order chi connectivity index (χ0) is 29.7. The zero-order valence-corrected chi connectivity index (χ0v) is 23.6. The number of benzene rings is 2. The molecule has 2 rings (SSSR count). The van der Waals surface area contributed by atoms with E-state index >= 15 is 0 Å². The van der Waals surface area contributed by atoms with Crippen LogP contribution in [0, 0.1) is 0 Å². The van der Waals surface area contributed by atoms with E-state index in [1.165, 1.54) is 18.3 Å². The van der Waals surface area contributed by atoms with Crippen LogP contribution in [-0.4, -0.2) is 59.7 Å². The van der Waals surface area contributed by atoms with Gasteiger partial charge < -0.3 is 9.47 Å². The zero-order valence-electron chi connectivity index (χ0n) is 22.0. The molecule has 0 aliphatic heterocycles. The van der Waals surface area contributed by atoms with Gasteiger partial charge in [0.1, 0.15) is 11.5 Å². The second kappa shape index (κ2) is 15.5. The third-order valence-corrected chi connectivity index (χ3v) is 7.29. The van der Waals surface area contributed by atoms with Crippen molar-refractivity contribution in [1.82, 2.24) is 0 Å². The minimum absolute atomic E-state index is 0.100. The number of hydrogen-bond donors (Lipinski definition) is 0. The highest BCUT2D eigenvalue weighted by Crippen LogP contribution is 2.25.